The van der Waals surface area contributed by atoms with Gasteiger partial charge in [-0.15, -0.1) is 0 Å². The summed E-state index contributed by atoms with van der Waals surface area (Å²) in [6.45, 7) is 3.31. The van der Waals surface area contributed by atoms with Gasteiger partial charge >= 0.3 is 6.03 Å². The molecule has 1 N–H and O–H groups in total. The molecule has 27 heavy (non-hydrogen) atoms. The van der Waals surface area contributed by atoms with E-state index in [0.717, 1.165) is 38.9 Å². The Labute approximate surface area is 160 Å². The SMILES string of the molecule is O=C(NCCCn1ccc2ccccc21)N1CCC(c2ccccc2)CC1. The highest BCUT2D eigenvalue weighted by atomic mass is 16.2. The van der Waals surface area contributed by atoms with Gasteiger partial charge in [0, 0.05) is 37.9 Å². The number of nitrogens with zero attached hydrogens (tertiary/aromatic N) is 2. The maximum absolute atomic E-state index is 12.4. The van der Waals surface area contributed by atoms with E-state index in [1.807, 2.05) is 4.90 Å². The average molecular weight is 361 g/mol. The molecule has 4 heteroatoms. The van der Waals surface area contributed by atoms with Crippen molar-refractivity contribution in [1.82, 2.24) is 14.8 Å². The number of carbonyl (C=O) groups is 1. The molecule has 4 nitrogen and oxygen atoms in total. The van der Waals surface area contributed by atoms with Crippen molar-refractivity contribution >= 4 is 16.9 Å². The van der Waals surface area contributed by atoms with Crippen molar-refractivity contribution in [3.63, 3.8) is 0 Å². The number of likely N-dealkylation sites (tertiary alicyclic amines) is 1. The van der Waals surface area contributed by atoms with Gasteiger partial charge in [-0.2, -0.15) is 0 Å². The van der Waals surface area contributed by atoms with Crippen LogP contribution in [0.1, 0.15) is 30.7 Å². The Hall–Kier alpha value is -2.75. The van der Waals surface area contributed by atoms with Crippen LogP contribution in [0.2, 0.25) is 0 Å². The van der Waals surface area contributed by atoms with Gasteiger partial charge in [0.2, 0.25) is 0 Å². The molecule has 0 unspecified atom stereocenters. The summed E-state index contributed by atoms with van der Waals surface area (Å²) in [6, 6.07) is 21.3. The Kier molecular flexibility index (Phi) is 5.42. The standard InChI is InChI=1S/C23H27N3O/c27-23(26-17-11-20(12-18-26)19-7-2-1-3-8-19)24-14-6-15-25-16-13-21-9-4-5-10-22(21)25/h1-5,7-10,13,16,20H,6,11-12,14-15,17-18H2,(H,24,27). The van der Waals surface area contributed by atoms with Crippen molar-refractivity contribution in [3.8, 4) is 0 Å². The number of benzene rings is 2. The lowest BCUT2D eigenvalue weighted by Gasteiger charge is -2.32. The summed E-state index contributed by atoms with van der Waals surface area (Å²) in [7, 11) is 0. The molecule has 1 saturated heterocycles. The Morgan fingerprint density at radius 1 is 0.963 bits per heavy atom. The van der Waals surface area contributed by atoms with E-state index < -0.39 is 0 Å². The Balaban J connectivity index is 1.20. The highest BCUT2D eigenvalue weighted by Crippen LogP contribution is 2.27. The topological polar surface area (TPSA) is 37.3 Å². The Morgan fingerprint density at radius 2 is 1.70 bits per heavy atom. The highest BCUT2D eigenvalue weighted by molar-refractivity contribution is 5.79. The maximum Gasteiger partial charge on any atom is 0.317 e. The Morgan fingerprint density at radius 3 is 2.52 bits per heavy atom. The zero-order valence-electron chi connectivity index (χ0n) is 15.7. The van der Waals surface area contributed by atoms with Crippen molar-refractivity contribution in [1.29, 1.82) is 0 Å². The van der Waals surface area contributed by atoms with Crippen LogP contribution in [0.4, 0.5) is 4.79 Å². The fourth-order valence-corrected chi connectivity index (χ4v) is 4.03. The summed E-state index contributed by atoms with van der Waals surface area (Å²) in [5.74, 6) is 0.581. The minimum Gasteiger partial charge on any atom is -0.347 e. The number of fused-ring (bicyclic) bond motifs is 1. The number of aryl methyl sites for hydroxylation is 1. The monoisotopic (exact) mass is 361 g/mol. The van der Waals surface area contributed by atoms with Crippen LogP contribution >= 0.6 is 0 Å². The second-order valence-electron chi connectivity index (χ2n) is 7.33. The number of rotatable bonds is 5. The number of para-hydroxylation sites is 1. The number of piperidine rings is 1. The lowest BCUT2D eigenvalue weighted by Crippen LogP contribution is -2.44. The number of hydrogen-bond acceptors (Lipinski definition) is 1. The molecular formula is C23H27N3O. The van der Waals surface area contributed by atoms with Gasteiger partial charge in [0.05, 0.1) is 0 Å². The molecule has 3 aromatic rings. The molecule has 2 aromatic carbocycles. The average Bonchev–Trinajstić information content (AvgIpc) is 3.15. The summed E-state index contributed by atoms with van der Waals surface area (Å²) in [5.41, 5.74) is 2.66. The molecule has 2 amide bonds. The third-order valence-electron chi connectivity index (χ3n) is 5.59. The second kappa shape index (κ2) is 8.30. The molecule has 0 radical (unpaired) electrons. The van der Waals surface area contributed by atoms with Gasteiger partial charge in [-0.05, 0) is 48.3 Å². The first-order chi connectivity index (χ1) is 13.3. The summed E-state index contributed by atoms with van der Waals surface area (Å²) in [6.07, 6.45) is 5.16. The number of nitrogens with one attached hydrogen (secondary N) is 1. The predicted molar refractivity (Wildman–Crippen MR) is 110 cm³/mol. The smallest absolute Gasteiger partial charge is 0.317 e. The quantitative estimate of drug-likeness (QED) is 0.662. The first kappa shape index (κ1) is 17.7. The van der Waals surface area contributed by atoms with Crippen LogP contribution in [0.25, 0.3) is 10.9 Å². The number of amides is 2. The van der Waals surface area contributed by atoms with Gasteiger partial charge in [0.25, 0.3) is 0 Å². The normalized spacial score (nSPS) is 15.2. The Bertz CT molecular complexity index is 879. The molecular weight excluding hydrogens is 334 g/mol. The molecule has 1 aliphatic rings. The minimum absolute atomic E-state index is 0.0823. The van der Waals surface area contributed by atoms with Gasteiger partial charge in [0.1, 0.15) is 0 Å². The lowest BCUT2D eigenvalue weighted by atomic mass is 9.90. The predicted octanol–water partition coefficient (Wildman–Crippen LogP) is 4.62. The fourth-order valence-electron chi connectivity index (χ4n) is 4.03. The molecule has 1 aromatic heterocycles. The van der Waals surface area contributed by atoms with E-state index in [9.17, 15) is 4.79 Å². The van der Waals surface area contributed by atoms with Crippen molar-refractivity contribution < 1.29 is 4.79 Å². The lowest BCUT2D eigenvalue weighted by molar-refractivity contribution is 0.181. The minimum atomic E-state index is 0.0823. The third-order valence-corrected chi connectivity index (χ3v) is 5.59. The molecule has 140 valence electrons. The summed E-state index contributed by atoms with van der Waals surface area (Å²) in [4.78, 5) is 14.4. The molecule has 2 heterocycles. The molecule has 0 bridgehead atoms. The van der Waals surface area contributed by atoms with E-state index in [0.29, 0.717) is 12.5 Å². The number of aromatic nitrogens is 1. The first-order valence-electron chi connectivity index (χ1n) is 9.93. The van der Waals surface area contributed by atoms with Crippen LogP contribution in [0.3, 0.4) is 0 Å². The third kappa shape index (κ3) is 4.16. The van der Waals surface area contributed by atoms with Gasteiger partial charge in [-0.3, -0.25) is 0 Å². The summed E-state index contributed by atoms with van der Waals surface area (Å²) in [5, 5.41) is 4.36. The zero-order chi connectivity index (χ0) is 18.5. The van der Waals surface area contributed by atoms with Gasteiger partial charge < -0.3 is 14.8 Å². The van der Waals surface area contributed by atoms with Crippen LogP contribution in [-0.4, -0.2) is 35.1 Å². The molecule has 1 fully saturated rings. The highest BCUT2D eigenvalue weighted by Gasteiger charge is 2.23. The van der Waals surface area contributed by atoms with Crippen LogP contribution < -0.4 is 5.32 Å². The van der Waals surface area contributed by atoms with Gasteiger partial charge in [-0.1, -0.05) is 48.5 Å². The first-order valence-corrected chi connectivity index (χ1v) is 9.93. The molecule has 4 rings (SSSR count). The summed E-state index contributed by atoms with van der Waals surface area (Å²) < 4.78 is 2.26. The number of hydrogen-bond donors (Lipinski definition) is 1. The van der Waals surface area contributed by atoms with Crippen LogP contribution in [0, 0.1) is 0 Å². The molecule has 0 spiro atoms. The van der Waals surface area contributed by atoms with Crippen molar-refractivity contribution in [2.24, 2.45) is 0 Å². The van der Waals surface area contributed by atoms with Crippen molar-refractivity contribution in [2.75, 3.05) is 19.6 Å². The van der Waals surface area contributed by atoms with Gasteiger partial charge in [-0.25, -0.2) is 4.79 Å². The number of urea groups is 1. The number of carbonyl (C=O) groups excluding carboxylic acids is 1. The molecule has 1 aliphatic heterocycles. The molecule has 0 atom stereocenters. The largest absolute Gasteiger partial charge is 0.347 e. The van der Waals surface area contributed by atoms with E-state index in [2.05, 4.69) is 76.7 Å². The second-order valence-corrected chi connectivity index (χ2v) is 7.33. The van der Waals surface area contributed by atoms with Gasteiger partial charge in [0.15, 0.2) is 0 Å². The molecule has 0 saturated carbocycles. The fraction of sp³-hybridized carbons (Fsp3) is 0.348. The van der Waals surface area contributed by atoms with Crippen LogP contribution in [-0.2, 0) is 6.54 Å². The van der Waals surface area contributed by atoms with Crippen LogP contribution in [0.15, 0.2) is 66.9 Å². The van der Waals surface area contributed by atoms with E-state index in [4.69, 9.17) is 0 Å². The molecule has 0 aliphatic carbocycles. The summed E-state index contributed by atoms with van der Waals surface area (Å²) >= 11 is 0. The van der Waals surface area contributed by atoms with Crippen molar-refractivity contribution in [3.05, 3.63) is 72.4 Å². The van der Waals surface area contributed by atoms with E-state index >= 15 is 0 Å². The van der Waals surface area contributed by atoms with Crippen molar-refractivity contribution in [2.45, 2.75) is 31.7 Å². The van der Waals surface area contributed by atoms with E-state index in [-0.39, 0.29) is 6.03 Å². The van der Waals surface area contributed by atoms with E-state index in [1.165, 1.54) is 16.5 Å². The van der Waals surface area contributed by atoms with E-state index in [1.54, 1.807) is 0 Å². The van der Waals surface area contributed by atoms with Crippen LogP contribution in [0.5, 0.6) is 0 Å². The maximum atomic E-state index is 12.4. The zero-order valence-corrected chi connectivity index (χ0v) is 15.7.